The number of carboxylic acids is 1. The highest BCUT2D eigenvalue weighted by Crippen LogP contribution is 2.38. The standard InChI is InChI=1S/C10H17N3O2/c11-9-12-6-7-3-1-2-4-10(7,13-9)5-8(14)15/h7H,1-6H2,(H,14,15)(H3,11,12,13). The van der Waals surface area contributed by atoms with Crippen LogP contribution >= 0.6 is 0 Å². The molecule has 1 aliphatic carbocycles. The van der Waals surface area contributed by atoms with Gasteiger partial charge in [0, 0.05) is 12.5 Å². The second-order valence-electron chi connectivity index (χ2n) is 4.52. The molecule has 15 heavy (non-hydrogen) atoms. The van der Waals surface area contributed by atoms with Gasteiger partial charge in [-0.25, -0.2) is 0 Å². The predicted molar refractivity (Wildman–Crippen MR) is 56.6 cm³/mol. The third kappa shape index (κ3) is 1.91. The molecule has 0 aromatic carbocycles. The Morgan fingerprint density at radius 2 is 2.47 bits per heavy atom. The van der Waals surface area contributed by atoms with E-state index in [0.717, 1.165) is 19.3 Å². The van der Waals surface area contributed by atoms with Crippen LogP contribution in [0, 0.1) is 5.92 Å². The summed E-state index contributed by atoms with van der Waals surface area (Å²) in [5.41, 5.74) is 5.31. The molecule has 2 rings (SSSR count). The number of guanidine groups is 1. The quantitative estimate of drug-likeness (QED) is 0.613. The molecule has 0 spiro atoms. The summed E-state index contributed by atoms with van der Waals surface area (Å²) < 4.78 is 0. The molecule has 0 radical (unpaired) electrons. The van der Waals surface area contributed by atoms with E-state index in [1.807, 2.05) is 0 Å². The number of hydrogen-bond donors (Lipinski definition) is 3. The molecule has 1 fully saturated rings. The zero-order chi connectivity index (χ0) is 10.9. The van der Waals surface area contributed by atoms with E-state index in [-0.39, 0.29) is 12.0 Å². The SMILES string of the molecule is NC1=NCC2CCCCC2(CC(=O)O)N1. The first-order valence-electron chi connectivity index (χ1n) is 5.42. The third-order valence-corrected chi connectivity index (χ3v) is 3.53. The van der Waals surface area contributed by atoms with Crippen LogP contribution in [0.3, 0.4) is 0 Å². The summed E-state index contributed by atoms with van der Waals surface area (Å²) in [5, 5.41) is 12.1. The number of aliphatic carboxylic acids is 1. The van der Waals surface area contributed by atoms with Crippen molar-refractivity contribution in [2.45, 2.75) is 37.6 Å². The van der Waals surface area contributed by atoms with Crippen LogP contribution in [0.1, 0.15) is 32.1 Å². The number of carbonyl (C=O) groups is 1. The van der Waals surface area contributed by atoms with Crippen LogP contribution < -0.4 is 11.1 Å². The molecular weight excluding hydrogens is 194 g/mol. The van der Waals surface area contributed by atoms with Gasteiger partial charge in [-0.1, -0.05) is 12.8 Å². The minimum Gasteiger partial charge on any atom is -0.481 e. The minimum absolute atomic E-state index is 0.147. The van der Waals surface area contributed by atoms with E-state index in [1.54, 1.807) is 0 Å². The van der Waals surface area contributed by atoms with Crippen LogP contribution in [-0.4, -0.2) is 29.1 Å². The van der Waals surface area contributed by atoms with Crippen molar-refractivity contribution in [2.75, 3.05) is 6.54 Å². The Balaban J connectivity index is 2.21. The maximum absolute atomic E-state index is 10.9. The van der Waals surface area contributed by atoms with Crippen LogP contribution in [-0.2, 0) is 4.79 Å². The number of carboxylic acid groups (broad SMARTS) is 1. The Hall–Kier alpha value is -1.26. The lowest BCUT2D eigenvalue weighted by Gasteiger charge is -2.46. The van der Waals surface area contributed by atoms with Crippen LogP contribution in [0.25, 0.3) is 0 Å². The molecule has 2 aliphatic rings. The van der Waals surface area contributed by atoms with Gasteiger partial charge in [-0.3, -0.25) is 9.79 Å². The summed E-state index contributed by atoms with van der Waals surface area (Å²) in [6.45, 7) is 0.673. The van der Waals surface area contributed by atoms with Crippen molar-refractivity contribution < 1.29 is 9.90 Å². The lowest BCUT2D eigenvalue weighted by molar-refractivity contribution is -0.139. The third-order valence-electron chi connectivity index (χ3n) is 3.53. The number of aliphatic imine (C=N–C) groups is 1. The molecule has 2 unspecified atom stereocenters. The first kappa shape index (κ1) is 10.3. The lowest BCUT2D eigenvalue weighted by Crippen LogP contribution is -2.61. The van der Waals surface area contributed by atoms with Crippen molar-refractivity contribution in [2.24, 2.45) is 16.6 Å². The van der Waals surface area contributed by atoms with Gasteiger partial charge in [0.2, 0.25) is 0 Å². The van der Waals surface area contributed by atoms with Crippen molar-refractivity contribution in [3.8, 4) is 0 Å². The summed E-state index contributed by atoms with van der Waals surface area (Å²) in [4.78, 5) is 15.1. The molecule has 0 bridgehead atoms. The molecule has 0 saturated heterocycles. The van der Waals surface area contributed by atoms with Crippen molar-refractivity contribution >= 4 is 11.9 Å². The van der Waals surface area contributed by atoms with Crippen LogP contribution in [0.5, 0.6) is 0 Å². The Bertz CT molecular complexity index is 303. The molecular formula is C10H17N3O2. The number of nitrogens with one attached hydrogen (secondary N) is 1. The molecule has 1 heterocycles. The number of hydrogen-bond acceptors (Lipinski definition) is 4. The topological polar surface area (TPSA) is 87.7 Å². The van der Waals surface area contributed by atoms with Crippen molar-refractivity contribution in [3.63, 3.8) is 0 Å². The van der Waals surface area contributed by atoms with Gasteiger partial charge in [-0.15, -0.1) is 0 Å². The van der Waals surface area contributed by atoms with Gasteiger partial charge in [-0.2, -0.15) is 0 Å². The Kier molecular flexibility index (Phi) is 2.54. The van der Waals surface area contributed by atoms with Gasteiger partial charge < -0.3 is 16.2 Å². The van der Waals surface area contributed by atoms with Crippen LogP contribution in [0.15, 0.2) is 4.99 Å². The maximum atomic E-state index is 10.9. The molecule has 1 saturated carbocycles. The predicted octanol–water partition coefficient (Wildman–Crippen LogP) is 0.308. The first-order valence-corrected chi connectivity index (χ1v) is 5.42. The molecule has 1 aliphatic heterocycles. The second-order valence-corrected chi connectivity index (χ2v) is 4.52. The van der Waals surface area contributed by atoms with Gasteiger partial charge in [-0.05, 0) is 12.8 Å². The fraction of sp³-hybridized carbons (Fsp3) is 0.800. The Morgan fingerprint density at radius 1 is 1.67 bits per heavy atom. The molecule has 0 aromatic rings. The van der Waals surface area contributed by atoms with Crippen molar-refractivity contribution in [3.05, 3.63) is 0 Å². The maximum Gasteiger partial charge on any atom is 0.305 e. The average molecular weight is 211 g/mol. The number of nitrogens with zero attached hydrogens (tertiary/aromatic N) is 1. The smallest absolute Gasteiger partial charge is 0.305 e. The zero-order valence-electron chi connectivity index (χ0n) is 8.70. The number of rotatable bonds is 2. The molecule has 5 nitrogen and oxygen atoms in total. The van der Waals surface area contributed by atoms with Crippen LogP contribution in [0.2, 0.25) is 0 Å². The lowest BCUT2D eigenvalue weighted by atomic mass is 9.70. The fourth-order valence-electron chi connectivity index (χ4n) is 2.79. The monoisotopic (exact) mass is 211 g/mol. The Labute approximate surface area is 88.8 Å². The first-order chi connectivity index (χ1) is 7.12. The van der Waals surface area contributed by atoms with Gasteiger partial charge in [0.05, 0.1) is 12.0 Å². The molecule has 5 heteroatoms. The van der Waals surface area contributed by atoms with E-state index in [2.05, 4.69) is 10.3 Å². The summed E-state index contributed by atoms with van der Waals surface area (Å²) in [5.74, 6) is -0.0341. The minimum atomic E-state index is -0.760. The highest BCUT2D eigenvalue weighted by Gasteiger charge is 2.44. The van der Waals surface area contributed by atoms with E-state index >= 15 is 0 Å². The van der Waals surface area contributed by atoms with Crippen molar-refractivity contribution in [1.82, 2.24) is 5.32 Å². The second kappa shape index (κ2) is 3.72. The summed E-state index contributed by atoms with van der Waals surface area (Å²) in [6.07, 6.45) is 4.33. The van der Waals surface area contributed by atoms with Gasteiger partial charge in [0.15, 0.2) is 5.96 Å². The van der Waals surface area contributed by atoms with E-state index in [9.17, 15) is 4.79 Å². The van der Waals surface area contributed by atoms with E-state index in [1.165, 1.54) is 6.42 Å². The van der Waals surface area contributed by atoms with Gasteiger partial charge in [0.25, 0.3) is 0 Å². The fourth-order valence-corrected chi connectivity index (χ4v) is 2.79. The normalized spacial score (nSPS) is 34.9. The van der Waals surface area contributed by atoms with Gasteiger partial charge in [0.1, 0.15) is 0 Å². The molecule has 2 atom stereocenters. The summed E-state index contributed by atoms with van der Waals surface area (Å²) in [7, 11) is 0. The van der Waals surface area contributed by atoms with Crippen molar-refractivity contribution in [1.29, 1.82) is 0 Å². The summed E-state index contributed by atoms with van der Waals surface area (Å²) >= 11 is 0. The molecule has 84 valence electrons. The largest absolute Gasteiger partial charge is 0.481 e. The highest BCUT2D eigenvalue weighted by atomic mass is 16.4. The average Bonchev–Trinajstić information content (AvgIpc) is 2.15. The van der Waals surface area contributed by atoms with Crippen LogP contribution in [0.4, 0.5) is 0 Å². The van der Waals surface area contributed by atoms with E-state index in [0.29, 0.717) is 18.4 Å². The van der Waals surface area contributed by atoms with E-state index in [4.69, 9.17) is 10.8 Å². The summed E-state index contributed by atoms with van der Waals surface area (Å²) in [6, 6.07) is 0. The van der Waals surface area contributed by atoms with Gasteiger partial charge >= 0.3 is 5.97 Å². The number of fused-ring (bicyclic) bond motifs is 1. The highest BCUT2D eigenvalue weighted by molar-refractivity contribution is 5.81. The molecule has 0 aromatic heterocycles. The number of nitrogens with two attached hydrogens (primary N) is 1. The zero-order valence-corrected chi connectivity index (χ0v) is 8.70. The molecule has 4 N–H and O–H groups in total. The Morgan fingerprint density at radius 3 is 3.20 bits per heavy atom. The van der Waals surface area contributed by atoms with E-state index < -0.39 is 5.97 Å². The molecule has 0 amide bonds.